The number of ether oxygens (including phenoxy) is 1. The van der Waals surface area contributed by atoms with Crippen molar-refractivity contribution in [2.75, 3.05) is 7.11 Å². The lowest BCUT2D eigenvalue weighted by Gasteiger charge is -2.18. The van der Waals surface area contributed by atoms with Gasteiger partial charge in [-0.2, -0.15) is 23.4 Å². The highest BCUT2D eigenvalue weighted by Gasteiger charge is 2.36. The Morgan fingerprint density at radius 1 is 1.19 bits per heavy atom. The lowest BCUT2D eigenvalue weighted by molar-refractivity contribution is -0.138. The molecule has 3 rings (SSSR count). The molecule has 0 aliphatic heterocycles. The SMILES string of the molecule is CO[C@H](C)c1c(CC(=O)Cc2cnc(-n3nccn3)c(C(F)(F)F)c2)cnc(C)c1Cl. The number of hydrogen-bond acceptors (Lipinski definition) is 6. The first kappa shape index (κ1) is 22.8. The number of hydrogen-bond donors (Lipinski definition) is 0. The van der Waals surface area contributed by atoms with Crippen LogP contribution in [0.15, 0.2) is 30.9 Å². The molecule has 0 saturated carbocycles. The molecule has 11 heteroatoms. The summed E-state index contributed by atoms with van der Waals surface area (Å²) in [5.74, 6) is -0.773. The van der Waals surface area contributed by atoms with E-state index in [2.05, 4.69) is 20.2 Å². The largest absolute Gasteiger partial charge is 0.420 e. The predicted octanol–water partition coefficient (Wildman–Crippen LogP) is 4.10. The van der Waals surface area contributed by atoms with Gasteiger partial charge in [0.2, 0.25) is 0 Å². The molecule has 31 heavy (non-hydrogen) atoms. The third-order valence-corrected chi connectivity index (χ3v) is 5.18. The van der Waals surface area contributed by atoms with Crippen LogP contribution >= 0.6 is 11.6 Å². The minimum Gasteiger partial charge on any atom is -0.377 e. The number of aryl methyl sites for hydroxylation is 1. The highest BCUT2D eigenvalue weighted by molar-refractivity contribution is 6.32. The van der Waals surface area contributed by atoms with E-state index in [1.54, 1.807) is 13.8 Å². The van der Waals surface area contributed by atoms with Crippen molar-refractivity contribution in [3.63, 3.8) is 0 Å². The van der Waals surface area contributed by atoms with Crippen LogP contribution in [0.25, 0.3) is 5.82 Å². The molecule has 0 saturated heterocycles. The lowest BCUT2D eigenvalue weighted by atomic mass is 9.97. The van der Waals surface area contributed by atoms with Gasteiger partial charge in [-0.25, -0.2) is 4.98 Å². The summed E-state index contributed by atoms with van der Waals surface area (Å²) in [6.07, 6.45) is -0.117. The molecule has 0 bridgehead atoms. The molecule has 3 aromatic rings. The molecule has 0 N–H and O–H groups in total. The summed E-state index contributed by atoms with van der Waals surface area (Å²) in [6.45, 7) is 3.52. The predicted molar refractivity (Wildman–Crippen MR) is 106 cm³/mol. The normalized spacial score (nSPS) is 12.7. The Kier molecular flexibility index (Phi) is 6.71. The van der Waals surface area contributed by atoms with Gasteiger partial charge in [0, 0.05) is 37.9 Å². The van der Waals surface area contributed by atoms with Gasteiger partial charge in [0.25, 0.3) is 0 Å². The number of methoxy groups -OCH3 is 1. The second-order valence-corrected chi connectivity index (χ2v) is 7.28. The molecule has 0 unspecified atom stereocenters. The van der Waals surface area contributed by atoms with Crippen molar-refractivity contribution in [2.45, 2.75) is 39.0 Å². The maximum absolute atomic E-state index is 13.5. The van der Waals surface area contributed by atoms with Crippen LogP contribution in [0.1, 0.15) is 41.0 Å². The van der Waals surface area contributed by atoms with Crippen LogP contribution in [0.4, 0.5) is 13.2 Å². The van der Waals surface area contributed by atoms with Gasteiger partial charge in [-0.05, 0) is 31.0 Å². The number of aromatic nitrogens is 5. The summed E-state index contributed by atoms with van der Waals surface area (Å²) in [5.41, 5.74) is 0.901. The number of nitrogens with zero attached hydrogens (tertiary/aromatic N) is 5. The molecular formula is C20H19ClF3N5O2. The summed E-state index contributed by atoms with van der Waals surface area (Å²) in [5, 5.41) is 7.80. The molecule has 0 amide bonds. The van der Waals surface area contributed by atoms with Crippen molar-refractivity contribution in [2.24, 2.45) is 0 Å². The van der Waals surface area contributed by atoms with Crippen LogP contribution in [0.5, 0.6) is 0 Å². The highest BCUT2D eigenvalue weighted by atomic mass is 35.5. The Labute approximate surface area is 181 Å². The molecule has 0 aliphatic rings. The van der Waals surface area contributed by atoms with E-state index in [-0.39, 0.29) is 30.3 Å². The van der Waals surface area contributed by atoms with E-state index >= 15 is 0 Å². The average molecular weight is 454 g/mol. The van der Waals surface area contributed by atoms with Crippen LogP contribution in [0, 0.1) is 6.92 Å². The first-order chi connectivity index (χ1) is 14.6. The fourth-order valence-corrected chi connectivity index (χ4v) is 3.45. The molecule has 1 atom stereocenters. The van der Waals surface area contributed by atoms with Crippen LogP contribution in [0.3, 0.4) is 0 Å². The standard InChI is InChI=1S/C20H19ClF3N5O2/c1-11-18(21)17(12(2)31-3)14(10-25-11)8-15(30)6-13-7-16(20(22,23)24)19(26-9-13)29-27-4-5-28-29/h4-5,7,9-10,12H,6,8H2,1-3H3/t12-/m1/s1. The number of carbonyl (C=O) groups is 1. The molecule has 0 radical (unpaired) electrons. The van der Waals surface area contributed by atoms with E-state index in [9.17, 15) is 18.0 Å². The van der Waals surface area contributed by atoms with Crippen LogP contribution < -0.4 is 0 Å². The number of carbonyl (C=O) groups excluding carboxylic acids is 1. The maximum atomic E-state index is 13.5. The number of ketones is 1. The summed E-state index contributed by atoms with van der Waals surface area (Å²) >= 11 is 6.35. The van der Waals surface area contributed by atoms with Gasteiger partial charge in [0.05, 0.1) is 29.2 Å². The fourth-order valence-electron chi connectivity index (χ4n) is 3.13. The van der Waals surface area contributed by atoms with Crippen molar-refractivity contribution in [3.05, 3.63) is 63.8 Å². The second-order valence-electron chi connectivity index (χ2n) is 6.90. The highest BCUT2D eigenvalue weighted by Crippen LogP contribution is 2.34. The molecule has 0 aromatic carbocycles. The number of rotatable bonds is 7. The Balaban J connectivity index is 1.87. The van der Waals surface area contributed by atoms with Crippen molar-refractivity contribution >= 4 is 17.4 Å². The fraction of sp³-hybridized carbons (Fsp3) is 0.350. The van der Waals surface area contributed by atoms with Crippen molar-refractivity contribution in [1.29, 1.82) is 0 Å². The molecule has 3 heterocycles. The zero-order valence-electron chi connectivity index (χ0n) is 16.9. The molecule has 3 aromatic heterocycles. The monoisotopic (exact) mass is 453 g/mol. The Hall–Kier alpha value is -2.85. The van der Waals surface area contributed by atoms with Gasteiger partial charge in [0.15, 0.2) is 5.82 Å². The Morgan fingerprint density at radius 2 is 1.87 bits per heavy atom. The van der Waals surface area contributed by atoms with E-state index in [1.807, 2.05) is 0 Å². The first-order valence-corrected chi connectivity index (χ1v) is 9.60. The summed E-state index contributed by atoms with van der Waals surface area (Å²) in [7, 11) is 1.52. The minimum atomic E-state index is -4.69. The van der Waals surface area contributed by atoms with E-state index in [0.717, 1.165) is 10.9 Å². The first-order valence-electron chi connectivity index (χ1n) is 9.23. The summed E-state index contributed by atoms with van der Waals surface area (Å²) in [6, 6.07) is 0.892. The zero-order valence-corrected chi connectivity index (χ0v) is 17.7. The van der Waals surface area contributed by atoms with Crippen LogP contribution in [-0.2, 0) is 28.5 Å². The average Bonchev–Trinajstić information content (AvgIpc) is 3.24. The van der Waals surface area contributed by atoms with Gasteiger partial charge in [-0.3, -0.25) is 9.78 Å². The molecule has 0 aliphatic carbocycles. The van der Waals surface area contributed by atoms with E-state index in [0.29, 0.717) is 21.8 Å². The van der Waals surface area contributed by atoms with Gasteiger partial charge in [0.1, 0.15) is 11.3 Å². The summed E-state index contributed by atoms with van der Waals surface area (Å²) in [4.78, 5) is 21.5. The summed E-state index contributed by atoms with van der Waals surface area (Å²) < 4.78 is 46.0. The van der Waals surface area contributed by atoms with Gasteiger partial charge in [-0.1, -0.05) is 11.6 Å². The molecular weight excluding hydrogens is 435 g/mol. The zero-order chi connectivity index (χ0) is 22.8. The smallest absolute Gasteiger partial charge is 0.377 e. The van der Waals surface area contributed by atoms with Crippen LogP contribution in [-0.4, -0.2) is 37.9 Å². The third-order valence-electron chi connectivity index (χ3n) is 4.70. The molecule has 164 valence electrons. The lowest BCUT2D eigenvalue weighted by Crippen LogP contribution is -2.16. The van der Waals surface area contributed by atoms with E-state index in [4.69, 9.17) is 16.3 Å². The Bertz CT molecular complexity index is 1090. The van der Waals surface area contributed by atoms with Crippen molar-refractivity contribution in [3.8, 4) is 5.82 Å². The van der Waals surface area contributed by atoms with Crippen molar-refractivity contribution in [1.82, 2.24) is 25.0 Å². The molecule has 7 nitrogen and oxygen atoms in total. The second kappa shape index (κ2) is 9.11. The van der Waals surface area contributed by atoms with Crippen LogP contribution in [0.2, 0.25) is 5.02 Å². The Morgan fingerprint density at radius 3 is 2.48 bits per heavy atom. The van der Waals surface area contributed by atoms with Gasteiger partial charge >= 0.3 is 6.18 Å². The number of alkyl halides is 3. The number of pyridine rings is 2. The van der Waals surface area contributed by atoms with Gasteiger partial charge in [-0.15, -0.1) is 4.80 Å². The minimum absolute atomic E-state index is 0.0557. The number of Topliss-reactive ketones (excluding diaryl/α,β-unsaturated/α-hetero) is 1. The van der Waals surface area contributed by atoms with Gasteiger partial charge < -0.3 is 4.74 Å². The third kappa shape index (κ3) is 5.08. The molecule has 0 fully saturated rings. The number of halogens is 4. The maximum Gasteiger partial charge on any atom is 0.420 e. The van der Waals surface area contributed by atoms with E-state index in [1.165, 1.54) is 31.9 Å². The van der Waals surface area contributed by atoms with E-state index < -0.39 is 17.6 Å². The topological polar surface area (TPSA) is 82.8 Å². The quantitative estimate of drug-likeness (QED) is 0.535. The van der Waals surface area contributed by atoms with Crippen molar-refractivity contribution < 1.29 is 22.7 Å². The molecule has 0 spiro atoms.